The fraction of sp³-hybridized carbons (Fsp3) is 0.278. The van der Waals surface area contributed by atoms with Crippen molar-refractivity contribution in [3.63, 3.8) is 0 Å². The highest BCUT2D eigenvalue weighted by Crippen LogP contribution is 2.33. The van der Waals surface area contributed by atoms with Crippen molar-refractivity contribution in [2.45, 2.75) is 26.4 Å². The third-order valence-corrected chi connectivity index (χ3v) is 3.75. The summed E-state index contributed by atoms with van der Waals surface area (Å²) >= 11 is 0. The molecule has 0 radical (unpaired) electrons. The summed E-state index contributed by atoms with van der Waals surface area (Å²) in [6.45, 7) is 3.79. The largest absolute Gasteiger partial charge is 0.417 e. The van der Waals surface area contributed by atoms with Gasteiger partial charge in [0.1, 0.15) is 11.6 Å². The third-order valence-electron chi connectivity index (χ3n) is 3.75. The SMILES string of the molecule is CCC(C)C=Nn1c(-c2ccccc2)cc(C(F)(F)F)c(C#N)c1=O. The second-order valence-corrected chi connectivity index (χ2v) is 5.56. The monoisotopic (exact) mass is 347 g/mol. The fourth-order valence-corrected chi connectivity index (χ4v) is 2.15. The molecule has 25 heavy (non-hydrogen) atoms. The molecule has 0 saturated heterocycles. The summed E-state index contributed by atoms with van der Waals surface area (Å²) in [6, 6.07) is 10.3. The second-order valence-electron chi connectivity index (χ2n) is 5.56. The van der Waals surface area contributed by atoms with Gasteiger partial charge in [-0.15, -0.1) is 0 Å². The first-order chi connectivity index (χ1) is 11.8. The fourth-order valence-electron chi connectivity index (χ4n) is 2.15. The Morgan fingerprint density at radius 2 is 1.96 bits per heavy atom. The molecule has 2 rings (SSSR count). The zero-order valence-corrected chi connectivity index (χ0v) is 13.7. The Labute approximate surface area is 142 Å². The molecule has 0 aliphatic rings. The predicted molar refractivity (Wildman–Crippen MR) is 89.2 cm³/mol. The van der Waals surface area contributed by atoms with Crippen molar-refractivity contribution in [2.24, 2.45) is 11.0 Å². The Morgan fingerprint density at radius 3 is 2.48 bits per heavy atom. The standard InChI is InChI=1S/C18H16F3N3O/c1-3-12(2)11-23-24-16(13-7-5-4-6-8-13)9-15(18(19,20)21)14(10-22)17(24)25/h4-9,11-12H,3H2,1-2H3. The van der Waals surface area contributed by atoms with Crippen LogP contribution in [0.1, 0.15) is 31.4 Å². The highest BCUT2D eigenvalue weighted by molar-refractivity contribution is 5.65. The maximum atomic E-state index is 13.3. The van der Waals surface area contributed by atoms with Crippen LogP contribution < -0.4 is 5.56 Å². The van der Waals surface area contributed by atoms with Crippen LogP contribution in [0.25, 0.3) is 11.3 Å². The van der Waals surface area contributed by atoms with Gasteiger partial charge in [-0.05, 0) is 18.4 Å². The van der Waals surface area contributed by atoms with E-state index in [2.05, 4.69) is 5.10 Å². The number of hydrogen-bond acceptors (Lipinski definition) is 3. The van der Waals surface area contributed by atoms with Crippen molar-refractivity contribution in [3.05, 3.63) is 57.9 Å². The maximum Gasteiger partial charge on any atom is 0.417 e. The van der Waals surface area contributed by atoms with Crippen LogP contribution in [0.2, 0.25) is 0 Å². The second kappa shape index (κ2) is 7.34. The highest BCUT2D eigenvalue weighted by atomic mass is 19.4. The molecule has 0 aliphatic heterocycles. The minimum absolute atomic E-state index is 0.0171. The van der Waals surface area contributed by atoms with Gasteiger partial charge in [-0.25, -0.2) is 0 Å². The van der Waals surface area contributed by atoms with Gasteiger partial charge in [-0.3, -0.25) is 4.79 Å². The molecule has 0 spiro atoms. The van der Waals surface area contributed by atoms with Crippen molar-refractivity contribution in [3.8, 4) is 17.3 Å². The highest BCUT2D eigenvalue weighted by Gasteiger charge is 2.36. The van der Waals surface area contributed by atoms with E-state index in [4.69, 9.17) is 5.26 Å². The molecule has 0 saturated carbocycles. The smallest absolute Gasteiger partial charge is 0.266 e. The average Bonchev–Trinajstić information content (AvgIpc) is 2.59. The van der Waals surface area contributed by atoms with Gasteiger partial charge in [0.2, 0.25) is 0 Å². The lowest BCUT2D eigenvalue weighted by Crippen LogP contribution is -2.26. The van der Waals surface area contributed by atoms with E-state index >= 15 is 0 Å². The minimum atomic E-state index is -4.81. The molecule has 0 bridgehead atoms. The van der Waals surface area contributed by atoms with Crippen LogP contribution in [0, 0.1) is 17.2 Å². The lowest BCUT2D eigenvalue weighted by molar-refractivity contribution is -0.137. The zero-order chi connectivity index (χ0) is 18.6. The molecule has 1 aromatic carbocycles. The Hall–Kier alpha value is -2.88. The van der Waals surface area contributed by atoms with Crippen LogP contribution in [0.3, 0.4) is 0 Å². The number of benzene rings is 1. The van der Waals surface area contributed by atoms with Gasteiger partial charge in [-0.1, -0.05) is 44.2 Å². The van der Waals surface area contributed by atoms with Crippen molar-refractivity contribution in [1.29, 1.82) is 5.26 Å². The van der Waals surface area contributed by atoms with Crippen LogP contribution in [-0.2, 0) is 6.18 Å². The van der Waals surface area contributed by atoms with Crippen LogP contribution in [0.15, 0.2) is 46.3 Å². The van der Waals surface area contributed by atoms with Crippen molar-refractivity contribution < 1.29 is 13.2 Å². The van der Waals surface area contributed by atoms with E-state index in [0.29, 0.717) is 5.56 Å². The van der Waals surface area contributed by atoms with Gasteiger partial charge in [0.15, 0.2) is 0 Å². The van der Waals surface area contributed by atoms with Crippen molar-refractivity contribution in [2.75, 3.05) is 0 Å². The van der Waals surface area contributed by atoms with E-state index in [1.54, 1.807) is 30.3 Å². The summed E-state index contributed by atoms with van der Waals surface area (Å²) in [6.07, 6.45) is -2.57. The molecule has 0 fully saturated rings. The summed E-state index contributed by atoms with van der Waals surface area (Å²) in [5.41, 5.74) is -2.93. The quantitative estimate of drug-likeness (QED) is 0.775. The summed E-state index contributed by atoms with van der Waals surface area (Å²) in [7, 11) is 0. The first kappa shape index (κ1) is 18.5. The number of nitriles is 1. The van der Waals surface area contributed by atoms with E-state index in [1.165, 1.54) is 12.3 Å². The molecule has 4 nitrogen and oxygen atoms in total. The Balaban J connectivity index is 2.83. The molecule has 0 amide bonds. The van der Waals surface area contributed by atoms with Gasteiger partial charge < -0.3 is 0 Å². The molecule has 1 heterocycles. The van der Waals surface area contributed by atoms with E-state index in [1.807, 2.05) is 13.8 Å². The van der Waals surface area contributed by atoms with Gasteiger partial charge in [0, 0.05) is 11.8 Å². The molecule has 1 unspecified atom stereocenters. The first-order valence-corrected chi connectivity index (χ1v) is 7.66. The average molecular weight is 347 g/mol. The molecule has 130 valence electrons. The molecule has 1 atom stereocenters. The van der Waals surface area contributed by atoms with Crippen LogP contribution in [0.5, 0.6) is 0 Å². The van der Waals surface area contributed by atoms with E-state index in [9.17, 15) is 18.0 Å². The Bertz CT molecular complexity index is 877. The van der Waals surface area contributed by atoms with E-state index in [-0.39, 0.29) is 11.6 Å². The van der Waals surface area contributed by atoms with Gasteiger partial charge in [0.05, 0.1) is 11.3 Å². The van der Waals surface area contributed by atoms with Crippen molar-refractivity contribution in [1.82, 2.24) is 4.68 Å². The predicted octanol–water partition coefficient (Wildman–Crippen LogP) is 4.29. The summed E-state index contributed by atoms with van der Waals surface area (Å²) in [5.74, 6) is 0.0309. The van der Waals surface area contributed by atoms with Gasteiger partial charge >= 0.3 is 6.18 Å². The summed E-state index contributed by atoms with van der Waals surface area (Å²) < 4.78 is 40.7. The first-order valence-electron chi connectivity index (χ1n) is 7.66. The minimum Gasteiger partial charge on any atom is -0.266 e. The number of halogens is 3. The van der Waals surface area contributed by atoms with Crippen LogP contribution in [0.4, 0.5) is 13.2 Å². The molecule has 0 aliphatic carbocycles. The summed E-state index contributed by atoms with van der Waals surface area (Å²) in [4.78, 5) is 12.5. The maximum absolute atomic E-state index is 13.3. The lowest BCUT2D eigenvalue weighted by Gasteiger charge is -2.14. The lowest BCUT2D eigenvalue weighted by atomic mass is 10.0. The van der Waals surface area contributed by atoms with Gasteiger partial charge in [0.25, 0.3) is 5.56 Å². The third kappa shape index (κ3) is 3.97. The van der Waals surface area contributed by atoms with E-state index in [0.717, 1.165) is 17.2 Å². The number of pyridine rings is 1. The number of alkyl halides is 3. The number of aromatic nitrogens is 1. The topological polar surface area (TPSA) is 58.1 Å². The number of hydrogen-bond donors (Lipinski definition) is 0. The Kier molecular flexibility index (Phi) is 5.42. The normalized spacial score (nSPS) is 13.0. The van der Waals surface area contributed by atoms with Crippen LogP contribution >= 0.6 is 0 Å². The van der Waals surface area contributed by atoms with Crippen LogP contribution in [-0.4, -0.2) is 10.9 Å². The Morgan fingerprint density at radius 1 is 1.32 bits per heavy atom. The molecular formula is C18H16F3N3O. The summed E-state index contributed by atoms with van der Waals surface area (Å²) in [5, 5.41) is 13.1. The molecule has 1 aromatic heterocycles. The molecule has 0 N–H and O–H groups in total. The van der Waals surface area contributed by atoms with Gasteiger partial charge in [-0.2, -0.15) is 28.2 Å². The van der Waals surface area contributed by atoms with E-state index < -0.39 is 22.9 Å². The number of rotatable bonds is 4. The molecule has 2 aromatic rings. The molecular weight excluding hydrogens is 331 g/mol. The molecule has 7 heteroatoms. The van der Waals surface area contributed by atoms with Crippen molar-refractivity contribution >= 4 is 6.21 Å². The number of nitrogens with zero attached hydrogens (tertiary/aromatic N) is 3. The zero-order valence-electron chi connectivity index (χ0n) is 13.7.